The molecule has 3 rings (SSSR count). The summed E-state index contributed by atoms with van der Waals surface area (Å²) in [5.74, 6) is 0.989. The Morgan fingerprint density at radius 2 is 1.42 bits per heavy atom. The van der Waals surface area contributed by atoms with Gasteiger partial charge in [-0.1, -0.05) is 32.6 Å². The highest BCUT2D eigenvalue weighted by atomic mass is 32.1. The van der Waals surface area contributed by atoms with Gasteiger partial charge in [-0.05, 0) is 62.9 Å². The molecule has 2 saturated heterocycles. The molecule has 0 aromatic heterocycles. The zero-order valence-electron chi connectivity index (χ0n) is 12.5. The molecule has 0 aromatic carbocycles. The molecule has 0 unspecified atom stereocenters. The van der Waals surface area contributed by atoms with Crippen molar-refractivity contribution in [1.29, 1.82) is 0 Å². The van der Waals surface area contributed by atoms with Gasteiger partial charge in [0.25, 0.3) is 0 Å². The first-order chi connectivity index (χ1) is 9.17. The summed E-state index contributed by atoms with van der Waals surface area (Å²) in [4.78, 5) is 2.80. The molecular weight excluding hydrogens is 252 g/mol. The first kappa shape index (κ1) is 14.2. The highest BCUT2D eigenvalue weighted by Crippen LogP contribution is 2.46. The van der Waals surface area contributed by atoms with Crippen molar-refractivity contribution in [3.8, 4) is 0 Å². The maximum atomic E-state index is 4.47. The Kier molecular flexibility index (Phi) is 4.45. The van der Waals surface area contributed by atoms with E-state index in [1.165, 1.54) is 77.5 Å². The molecule has 110 valence electrons. The van der Waals surface area contributed by atoms with E-state index in [4.69, 9.17) is 0 Å². The number of likely N-dealkylation sites (tertiary alicyclic amines) is 1. The molecule has 2 nitrogen and oxygen atoms in total. The molecular formula is C16H30N2S. The summed E-state index contributed by atoms with van der Waals surface area (Å²) in [5.41, 5.74) is 0.743. The Hall–Kier alpha value is 0.270. The summed E-state index contributed by atoms with van der Waals surface area (Å²) in [7, 11) is 0. The number of nitrogens with zero attached hydrogens (tertiary/aromatic N) is 2. The largest absolute Gasteiger partial charge is 0.300 e. The van der Waals surface area contributed by atoms with Crippen LogP contribution in [0, 0.1) is 11.3 Å². The molecule has 0 aromatic rings. The third-order valence-corrected chi connectivity index (χ3v) is 6.55. The van der Waals surface area contributed by atoms with Crippen molar-refractivity contribution in [1.82, 2.24) is 9.21 Å². The van der Waals surface area contributed by atoms with Crippen LogP contribution in [0.1, 0.15) is 58.3 Å². The van der Waals surface area contributed by atoms with E-state index in [-0.39, 0.29) is 0 Å². The minimum Gasteiger partial charge on any atom is -0.300 e. The van der Waals surface area contributed by atoms with Crippen LogP contribution < -0.4 is 0 Å². The van der Waals surface area contributed by atoms with Crippen LogP contribution in [0.25, 0.3) is 0 Å². The average molecular weight is 282 g/mol. The van der Waals surface area contributed by atoms with Gasteiger partial charge >= 0.3 is 0 Å². The molecule has 1 saturated carbocycles. The number of hydrogen-bond acceptors (Lipinski definition) is 3. The van der Waals surface area contributed by atoms with Gasteiger partial charge in [-0.25, -0.2) is 0 Å². The van der Waals surface area contributed by atoms with Gasteiger partial charge in [0.2, 0.25) is 0 Å². The van der Waals surface area contributed by atoms with Crippen LogP contribution in [-0.2, 0) is 0 Å². The second-order valence-corrected chi connectivity index (χ2v) is 7.97. The van der Waals surface area contributed by atoms with Crippen molar-refractivity contribution in [2.45, 2.75) is 64.3 Å². The van der Waals surface area contributed by atoms with E-state index in [2.05, 4.69) is 28.9 Å². The zero-order chi connectivity index (χ0) is 13.3. The summed E-state index contributed by atoms with van der Waals surface area (Å²) < 4.78 is 2.18. The van der Waals surface area contributed by atoms with E-state index in [0.29, 0.717) is 0 Å². The SMILES string of the molecule is CC1CCC2(CC1)CCN(C1CCN(S)CC1)CC2. The molecule has 2 aliphatic heterocycles. The summed E-state index contributed by atoms with van der Waals surface area (Å²) in [6, 6.07) is 0.850. The lowest BCUT2D eigenvalue weighted by atomic mass is 9.65. The minimum atomic E-state index is 0.743. The molecule has 0 amide bonds. The monoisotopic (exact) mass is 282 g/mol. The molecule has 0 atom stereocenters. The number of thiol groups is 1. The summed E-state index contributed by atoms with van der Waals surface area (Å²) >= 11 is 4.47. The molecule has 3 heteroatoms. The van der Waals surface area contributed by atoms with Crippen molar-refractivity contribution in [3.05, 3.63) is 0 Å². The van der Waals surface area contributed by atoms with Gasteiger partial charge in [-0.2, -0.15) is 0 Å². The van der Waals surface area contributed by atoms with Crippen molar-refractivity contribution in [2.24, 2.45) is 11.3 Å². The third kappa shape index (κ3) is 3.30. The smallest absolute Gasteiger partial charge is 0.0120 e. The fourth-order valence-corrected chi connectivity index (χ4v) is 4.69. The highest BCUT2D eigenvalue weighted by molar-refractivity contribution is 7.77. The number of rotatable bonds is 1. The van der Waals surface area contributed by atoms with E-state index in [1.54, 1.807) is 0 Å². The lowest BCUT2D eigenvalue weighted by Gasteiger charge is -2.48. The first-order valence-corrected chi connectivity index (χ1v) is 8.75. The van der Waals surface area contributed by atoms with Crippen molar-refractivity contribution >= 4 is 12.8 Å². The Labute approximate surface area is 124 Å². The van der Waals surface area contributed by atoms with Crippen molar-refractivity contribution in [3.63, 3.8) is 0 Å². The van der Waals surface area contributed by atoms with Crippen LogP contribution in [0.15, 0.2) is 0 Å². The van der Waals surface area contributed by atoms with E-state index in [1.807, 2.05) is 0 Å². The lowest BCUT2D eigenvalue weighted by molar-refractivity contribution is 0.0245. The van der Waals surface area contributed by atoms with Crippen LogP contribution in [0.5, 0.6) is 0 Å². The van der Waals surface area contributed by atoms with Gasteiger partial charge < -0.3 is 4.90 Å². The summed E-state index contributed by atoms with van der Waals surface area (Å²) in [5, 5.41) is 0. The second kappa shape index (κ2) is 5.95. The quantitative estimate of drug-likeness (QED) is 0.734. The maximum absolute atomic E-state index is 4.47. The van der Waals surface area contributed by atoms with E-state index in [9.17, 15) is 0 Å². The van der Waals surface area contributed by atoms with Crippen LogP contribution in [0.2, 0.25) is 0 Å². The van der Waals surface area contributed by atoms with Crippen LogP contribution >= 0.6 is 12.8 Å². The second-order valence-electron chi connectivity index (χ2n) is 7.40. The van der Waals surface area contributed by atoms with Gasteiger partial charge in [0.15, 0.2) is 0 Å². The normalized spacial score (nSPS) is 31.9. The predicted octanol–water partition coefficient (Wildman–Crippen LogP) is 3.59. The molecule has 0 N–H and O–H groups in total. The van der Waals surface area contributed by atoms with E-state index >= 15 is 0 Å². The van der Waals surface area contributed by atoms with Gasteiger partial charge in [-0.3, -0.25) is 4.31 Å². The Bertz CT molecular complexity index is 281. The van der Waals surface area contributed by atoms with Gasteiger partial charge in [0, 0.05) is 19.1 Å². The first-order valence-electron chi connectivity index (χ1n) is 8.35. The van der Waals surface area contributed by atoms with Crippen LogP contribution in [0.4, 0.5) is 0 Å². The predicted molar refractivity (Wildman–Crippen MR) is 84.5 cm³/mol. The van der Waals surface area contributed by atoms with Gasteiger partial charge in [0.1, 0.15) is 0 Å². The van der Waals surface area contributed by atoms with E-state index in [0.717, 1.165) is 17.4 Å². The molecule has 0 radical (unpaired) electrons. The minimum absolute atomic E-state index is 0.743. The third-order valence-electron chi connectivity index (χ3n) is 6.15. The number of piperidine rings is 2. The fourth-order valence-electron chi connectivity index (χ4n) is 4.46. The van der Waals surface area contributed by atoms with E-state index < -0.39 is 0 Å². The van der Waals surface area contributed by atoms with Crippen molar-refractivity contribution in [2.75, 3.05) is 26.2 Å². The lowest BCUT2D eigenvalue weighted by Crippen LogP contribution is -2.49. The summed E-state index contributed by atoms with van der Waals surface area (Å²) in [6.07, 6.45) is 11.6. The Morgan fingerprint density at radius 1 is 0.842 bits per heavy atom. The molecule has 19 heavy (non-hydrogen) atoms. The van der Waals surface area contributed by atoms with Crippen LogP contribution in [0.3, 0.4) is 0 Å². The maximum Gasteiger partial charge on any atom is 0.0120 e. The van der Waals surface area contributed by atoms with Crippen molar-refractivity contribution < 1.29 is 0 Å². The number of hydrogen-bond donors (Lipinski definition) is 1. The summed E-state index contributed by atoms with van der Waals surface area (Å²) in [6.45, 7) is 7.52. The average Bonchev–Trinajstić information content (AvgIpc) is 2.44. The highest BCUT2D eigenvalue weighted by Gasteiger charge is 2.38. The molecule has 0 bridgehead atoms. The topological polar surface area (TPSA) is 6.48 Å². The standard InChI is InChI=1S/C16H30N2S/c1-14-2-6-16(7-3-14)8-12-17(13-9-16)15-4-10-18(19)11-5-15/h14-15,19H,2-13H2,1H3. The molecule has 3 aliphatic rings. The van der Waals surface area contributed by atoms with Gasteiger partial charge in [0.05, 0.1) is 0 Å². The molecule has 2 heterocycles. The Balaban J connectivity index is 1.49. The molecule has 1 spiro atoms. The fraction of sp³-hybridized carbons (Fsp3) is 1.00. The van der Waals surface area contributed by atoms with Crippen LogP contribution in [-0.4, -0.2) is 41.4 Å². The molecule has 3 fully saturated rings. The molecule has 1 aliphatic carbocycles. The zero-order valence-corrected chi connectivity index (χ0v) is 13.4. The van der Waals surface area contributed by atoms with Gasteiger partial charge in [-0.15, -0.1) is 0 Å². The Morgan fingerprint density at radius 3 is 2.00 bits per heavy atom.